The van der Waals surface area contributed by atoms with E-state index in [0.29, 0.717) is 17.3 Å². The van der Waals surface area contributed by atoms with Crippen molar-refractivity contribution < 1.29 is 18.8 Å². The quantitative estimate of drug-likeness (QED) is 0.493. The molecule has 0 aliphatic carbocycles. The maximum atomic E-state index is 14.5. The number of hydrogen-bond donors (Lipinski definition) is 2. The summed E-state index contributed by atoms with van der Waals surface area (Å²) in [4.78, 5) is 42.3. The van der Waals surface area contributed by atoms with Crippen LogP contribution in [-0.4, -0.2) is 79.3 Å². The molecular formula is C27H27FN8O3. The van der Waals surface area contributed by atoms with Gasteiger partial charge in [0.25, 0.3) is 5.91 Å². The number of allylic oxidation sites excluding steroid dienone is 1. The third-order valence-electron chi connectivity index (χ3n) is 7.46. The molecule has 2 unspecified atom stereocenters. The largest absolute Gasteiger partial charge is 0.369 e. The lowest BCUT2D eigenvalue weighted by molar-refractivity contribution is -0.138. The highest BCUT2D eigenvalue weighted by Crippen LogP contribution is 2.29. The van der Waals surface area contributed by atoms with Gasteiger partial charge in [0.1, 0.15) is 18.8 Å². The number of primary amides is 1. The topological polar surface area (TPSA) is 139 Å². The average molecular weight is 531 g/mol. The van der Waals surface area contributed by atoms with Crippen LogP contribution in [0.1, 0.15) is 29.8 Å². The summed E-state index contributed by atoms with van der Waals surface area (Å²) in [6.45, 7) is 1.26. The number of aromatic nitrogens is 4. The summed E-state index contributed by atoms with van der Waals surface area (Å²) in [6, 6.07) is 6.15. The van der Waals surface area contributed by atoms with Crippen LogP contribution in [0.3, 0.4) is 0 Å². The summed E-state index contributed by atoms with van der Waals surface area (Å²) < 4.78 is 15.9. The lowest BCUT2D eigenvalue weighted by Crippen LogP contribution is -2.46. The molecule has 3 aliphatic rings. The minimum atomic E-state index is -1.32. The zero-order valence-corrected chi connectivity index (χ0v) is 21.1. The lowest BCUT2D eigenvalue weighted by atomic mass is 10.0. The first-order valence-corrected chi connectivity index (χ1v) is 12.9. The first-order chi connectivity index (χ1) is 18.9. The van der Waals surface area contributed by atoms with Crippen molar-refractivity contribution in [3.63, 3.8) is 0 Å². The van der Waals surface area contributed by atoms with Crippen molar-refractivity contribution in [3.05, 3.63) is 65.9 Å². The van der Waals surface area contributed by atoms with Crippen molar-refractivity contribution in [3.8, 4) is 11.1 Å². The predicted molar refractivity (Wildman–Crippen MR) is 139 cm³/mol. The molecule has 1 saturated heterocycles. The highest BCUT2D eigenvalue weighted by Gasteiger charge is 2.40. The standard InChI is InChI=1S/C27H27FN8O3/c28-18-12-23(27(39)32-20-7-10-34-9-2-1-3-22(20)34)35(14-18)24(37)15-36-21-5-4-16(17-6-8-30-31-13-17)11-19(21)25(33-36)26(29)38/h1,3-6,8,11,13,18,23H,2,7,9-10,12,14-15H2,(H2,29,38)(H,32,39). The predicted octanol–water partition coefficient (Wildman–Crippen LogP) is 1.52. The normalized spacial score (nSPS) is 20.5. The van der Waals surface area contributed by atoms with Gasteiger partial charge in [-0.1, -0.05) is 12.1 Å². The van der Waals surface area contributed by atoms with Gasteiger partial charge in [-0.3, -0.25) is 19.1 Å². The molecule has 0 spiro atoms. The number of nitrogens with one attached hydrogen (secondary N) is 1. The summed E-state index contributed by atoms with van der Waals surface area (Å²) in [5.41, 5.74) is 9.46. The van der Waals surface area contributed by atoms with Crippen molar-refractivity contribution >= 4 is 28.6 Å². The van der Waals surface area contributed by atoms with Crippen LogP contribution in [0.2, 0.25) is 0 Å². The number of likely N-dealkylation sites (tertiary alicyclic amines) is 1. The second-order valence-corrected chi connectivity index (χ2v) is 9.91. The van der Waals surface area contributed by atoms with Crippen LogP contribution < -0.4 is 11.1 Å². The van der Waals surface area contributed by atoms with E-state index in [4.69, 9.17) is 5.73 Å². The van der Waals surface area contributed by atoms with Crippen molar-refractivity contribution in [2.24, 2.45) is 5.73 Å². The monoisotopic (exact) mass is 530 g/mol. The summed E-state index contributed by atoms with van der Waals surface area (Å²) in [5.74, 6) is -1.61. The van der Waals surface area contributed by atoms with E-state index in [2.05, 4.69) is 31.6 Å². The highest BCUT2D eigenvalue weighted by atomic mass is 19.1. The maximum Gasteiger partial charge on any atom is 0.269 e. The van der Waals surface area contributed by atoms with Gasteiger partial charge in [0.15, 0.2) is 5.69 Å². The molecule has 0 bridgehead atoms. The molecular weight excluding hydrogens is 503 g/mol. The molecule has 0 saturated carbocycles. The maximum absolute atomic E-state index is 14.5. The van der Waals surface area contributed by atoms with Crippen LogP contribution in [0.25, 0.3) is 22.0 Å². The number of rotatable bonds is 6. The number of nitrogens with two attached hydrogens (primary N) is 1. The van der Waals surface area contributed by atoms with Crippen molar-refractivity contribution in [1.29, 1.82) is 0 Å². The Morgan fingerprint density at radius 1 is 1.13 bits per heavy atom. The first-order valence-electron chi connectivity index (χ1n) is 12.9. The second-order valence-electron chi connectivity index (χ2n) is 9.91. The van der Waals surface area contributed by atoms with Crippen LogP contribution in [0.15, 0.2) is 60.2 Å². The van der Waals surface area contributed by atoms with Gasteiger partial charge in [-0.2, -0.15) is 15.3 Å². The number of carbonyl (C=O) groups excluding carboxylic acids is 3. The third-order valence-corrected chi connectivity index (χ3v) is 7.46. The molecule has 200 valence electrons. The smallest absolute Gasteiger partial charge is 0.269 e. The zero-order valence-electron chi connectivity index (χ0n) is 21.1. The second kappa shape index (κ2) is 9.93. The Balaban J connectivity index is 1.24. The van der Waals surface area contributed by atoms with Crippen LogP contribution in [0, 0.1) is 0 Å². The van der Waals surface area contributed by atoms with Crippen molar-refractivity contribution in [2.45, 2.75) is 38.0 Å². The van der Waals surface area contributed by atoms with Crippen molar-refractivity contribution in [1.82, 2.24) is 35.1 Å². The molecule has 3 amide bonds. The summed E-state index contributed by atoms with van der Waals surface area (Å²) >= 11 is 0. The lowest BCUT2D eigenvalue weighted by Gasteiger charge is -2.25. The SMILES string of the molecule is NC(=O)c1nn(CC(=O)N2CC(F)CC2C(=O)NC2=C3C=CCCN3CC2)c2ccc(-c3ccnnc3)cc12. The summed E-state index contributed by atoms with van der Waals surface area (Å²) in [6.07, 6.45) is 7.48. The molecule has 1 aromatic carbocycles. The van der Waals surface area contributed by atoms with E-state index in [1.54, 1.807) is 30.6 Å². The Hall–Kier alpha value is -4.61. The molecule has 12 heteroatoms. The van der Waals surface area contributed by atoms with E-state index >= 15 is 0 Å². The van der Waals surface area contributed by atoms with Gasteiger partial charge >= 0.3 is 0 Å². The van der Waals surface area contributed by atoms with Gasteiger partial charge in [-0.15, -0.1) is 0 Å². The summed E-state index contributed by atoms with van der Waals surface area (Å²) in [7, 11) is 0. The van der Waals surface area contributed by atoms with E-state index < -0.39 is 29.9 Å². The number of fused-ring (bicyclic) bond motifs is 2. The Morgan fingerprint density at radius 2 is 2.00 bits per heavy atom. The number of halogens is 1. The van der Waals surface area contributed by atoms with Crippen LogP contribution in [-0.2, 0) is 16.1 Å². The summed E-state index contributed by atoms with van der Waals surface area (Å²) in [5, 5.41) is 15.4. The molecule has 3 N–H and O–H groups in total. The van der Waals surface area contributed by atoms with E-state index in [1.165, 1.54) is 9.58 Å². The molecule has 2 atom stereocenters. The van der Waals surface area contributed by atoms with E-state index in [0.717, 1.165) is 42.0 Å². The van der Waals surface area contributed by atoms with Gasteiger partial charge in [-0.05, 0) is 36.3 Å². The molecule has 0 radical (unpaired) electrons. The number of amides is 3. The molecule has 5 heterocycles. The van der Waals surface area contributed by atoms with E-state index in [-0.39, 0.29) is 25.2 Å². The van der Waals surface area contributed by atoms with Gasteiger partial charge in [0, 0.05) is 42.6 Å². The Bertz CT molecular complexity index is 1530. The number of nitrogens with zero attached hydrogens (tertiary/aromatic N) is 6. The molecule has 3 aliphatic heterocycles. The fraction of sp³-hybridized carbons (Fsp3) is 0.333. The molecule has 6 rings (SSSR count). The molecule has 1 fully saturated rings. The van der Waals surface area contributed by atoms with Gasteiger partial charge in [-0.25, -0.2) is 4.39 Å². The Labute approximate surface area is 223 Å². The van der Waals surface area contributed by atoms with Crippen LogP contribution >= 0.6 is 0 Å². The highest BCUT2D eigenvalue weighted by molar-refractivity contribution is 6.05. The molecule has 3 aromatic rings. The number of alkyl halides is 1. The van der Waals surface area contributed by atoms with Gasteiger partial charge in [0.05, 0.1) is 30.2 Å². The minimum Gasteiger partial charge on any atom is -0.369 e. The Kier molecular flexibility index (Phi) is 6.29. The fourth-order valence-corrected chi connectivity index (χ4v) is 5.56. The van der Waals surface area contributed by atoms with Crippen molar-refractivity contribution in [2.75, 3.05) is 19.6 Å². The van der Waals surface area contributed by atoms with E-state index in [9.17, 15) is 18.8 Å². The Morgan fingerprint density at radius 3 is 2.79 bits per heavy atom. The van der Waals surface area contributed by atoms with Crippen LogP contribution in [0.5, 0.6) is 0 Å². The number of benzene rings is 1. The molecule has 11 nitrogen and oxygen atoms in total. The molecule has 39 heavy (non-hydrogen) atoms. The number of carbonyl (C=O) groups is 3. The number of hydrogen-bond acceptors (Lipinski definition) is 7. The third kappa shape index (κ3) is 4.62. The zero-order chi connectivity index (χ0) is 27.1. The first kappa shape index (κ1) is 24.7. The average Bonchev–Trinajstić information content (AvgIpc) is 3.64. The van der Waals surface area contributed by atoms with Crippen LogP contribution in [0.4, 0.5) is 4.39 Å². The van der Waals surface area contributed by atoms with Gasteiger partial charge < -0.3 is 20.9 Å². The fourth-order valence-electron chi connectivity index (χ4n) is 5.56. The van der Waals surface area contributed by atoms with E-state index in [1.807, 2.05) is 12.1 Å². The van der Waals surface area contributed by atoms with Gasteiger partial charge in [0.2, 0.25) is 11.8 Å². The minimum absolute atomic E-state index is 0.0143. The molecule has 2 aromatic heterocycles.